The molecule has 6 heteroatoms. The summed E-state index contributed by atoms with van der Waals surface area (Å²) in [4.78, 5) is 16.8. The Balaban J connectivity index is 2.36. The van der Waals surface area contributed by atoms with Crippen molar-refractivity contribution < 1.29 is 13.2 Å². The Hall–Kier alpha value is -2.63. The van der Waals surface area contributed by atoms with E-state index in [1.807, 2.05) is 6.92 Å². The quantitative estimate of drug-likeness (QED) is 0.717. The van der Waals surface area contributed by atoms with Gasteiger partial charge in [0.15, 0.2) is 0 Å². The minimum Gasteiger partial charge on any atom is -0.269 e. The SMILES string of the molecule is CCc1cc2cccnc2n(-c2cccc(C(F)(F)F)c2)c1=O. The van der Waals surface area contributed by atoms with Gasteiger partial charge in [-0.3, -0.25) is 9.36 Å². The zero-order valence-electron chi connectivity index (χ0n) is 12.3. The zero-order chi connectivity index (χ0) is 16.6. The summed E-state index contributed by atoms with van der Waals surface area (Å²) in [6.45, 7) is 1.83. The van der Waals surface area contributed by atoms with E-state index in [1.54, 1.807) is 18.2 Å². The van der Waals surface area contributed by atoms with E-state index in [2.05, 4.69) is 4.98 Å². The van der Waals surface area contributed by atoms with E-state index in [0.29, 0.717) is 23.0 Å². The number of aryl methyl sites for hydroxylation is 1. The van der Waals surface area contributed by atoms with E-state index in [0.717, 1.165) is 12.1 Å². The van der Waals surface area contributed by atoms with Crippen LogP contribution in [-0.4, -0.2) is 9.55 Å². The smallest absolute Gasteiger partial charge is 0.269 e. The van der Waals surface area contributed by atoms with Crippen LogP contribution in [0.2, 0.25) is 0 Å². The zero-order valence-corrected chi connectivity index (χ0v) is 12.3. The van der Waals surface area contributed by atoms with Crippen molar-refractivity contribution in [2.75, 3.05) is 0 Å². The minimum atomic E-state index is -4.47. The highest BCUT2D eigenvalue weighted by atomic mass is 19.4. The third-order valence-electron chi connectivity index (χ3n) is 3.65. The normalized spacial score (nSPS) is 11.8. The molecule has 0 saturated carbocycles. The maximum atomic E-state index is 12.9. The average Bonchev–Trinajstić information content (AvgIpc) is 2.53. The Labute approximate surface area is 130 Å². The van der Waals surface area contributed by atoms with Crippen LogP contribution in [0.25, 0.3) is 16.7 Å². The molecule has 118 valence electrons. The Kier molecular flexibility index (Phi) is 3.67. The molecule has 1 aromatic carbocycles. The molecule has 0 unspecified atom stereocenters. The molecule has 23 heavy (non-hydrogen) atoms. The molecule has 0 atom stereocenters. The van der Waals surface area contributed by atoms with Gasteiger partial charge in [-0.1, -0.05) is 13.0 Å². The van der Waals surface area contributed by atoms with Gasteiger partial charge in [-0.05, 0) is 42.8 Å². The number of fused-ring (bicyclic) bond motifs is 1. The van der Waals surface area contributed by atoms with E-state index >= 15 is 0 Å². The molecule has 0 aliphatic heterocycles. The summed E-state index contributed by atoms with van der Waals surface area (Å²) in [5, 5.41) is 0.710. The number of aromatic nitrogens is 2. The van der Waals surface area contributed by atoms with Crippen molar-refractivity contribution in [2.45, 2.75) is 19.5 Å². The lowest BCUT2D eigenvalue weighted by molar-refractivity contribution is -0.137. The first-order valence-electron chi connectivity index (χ1n) is 7.09. The third-order valence-corrected chi connectivity index (χ3v) is 3.65. The van der Waals surface area contributed by atoms with Gasteiger partial charge in [-0.15, -0.1) is 0 Å². The molecule has 0 spiro atoms. The standard InChI is InChI=1S/C17H13F3N2O/c1-2-11-9-12-5-4-8-21-15(12)22(16(11)23)14-7-3-6-13(10-14)17(18,19)20/h3-10H,2H2,1H3. The first-order chi connectivity index (χ1) is 10.9. The number of halogens is 3. The molecular weight excluding hydrogens is 305 g/mol. The molecule has 0 aliphatic carbocycles. The molecule has 0 bridgehead atoms. The van der Waals surface area contributed by atoms with E-state index in [9.17, 15) is 18.0 Å². The summed E-state index contributed by atoms with van der Waals surface area (Å²) < 4.78 is 40.1. The second-order valence-corrected chi connectivity index (χ2v) is 5.13. The molecule has 2 heterocycles. The van der Waals surface area contributed by atoms with Crippen molar-refractivity contribution in [1.29, 1.82) is 0 Å². The minimum absolute atomic E-state index is 0.156. The summed E-state index contributed by atoms with van der Waals surface area (Å²) in [7, 11) is 0. The van der Waals surface area contributed by atoms with Crippen molar-refractivity contribution in [3.63, 3.8) is 0 Å². The Morgan fingerprint density at radius 2 is 1.91 bits per heavy atom. The topological polar surface area (TPSA) is 34.9 Å². The van der Waals surface area contributed by atoms with Crippen LogP contribution < -0.4 is 5.56 Å². The highest BCUT2D eigenvalue weighted by Gasteiger charge is 2.30. The van der Waals surface area contributed by atoms with E-state index in [-0.39, 0.29) is 11.2 Å². The molecule has 3 aromatic rings. The maximum absolute atomic E-state index is 12.9. The summed E-state index contributed by atoms with van der Waals surface area (Å²) in [5.41, 5.74) is -0.119. The van der Waals surface area contributed by atoms with Gasteiger partial charge in [0.1, 0.15) is 5.65 Å². The van der Waals surface area contributed by atoms with Crippen LogP contribution in [0.4, 0.5) is 13.2 Å². The molecule has 0 saturated heterocycles. The lowest BCUT2D eigenvalue weighted by atomic mass is 10.1. The van der Waals surface area contributed by atoms with Crippen LogP contribution in [0.3, 0.4) is 0 Å². The average molecular weight is 318 g/mol. The predicted octanol–water partition coefficient (Wildman–Crippen LogP) is 3.97. The molecule has 2 aromatic heterocycles. The number of hydrogen-bond donors (Lipinski definition) is 0. The van der Waals surface area contributed by atoms with Crippen molar-refractivity contribution in [3.05, 3.63) is 70.1 Å². The number of pyridine rings is 2. The number of nitrogens with zero attached hydrogens (tertiary/aromatic N) is 2. The second-order valence-electron chi connectivity index (χ2n) is 5.13. The van der Waals surface area contributed by atoms with Crippen LogP contribution in [0.1, 0.15) is 18.1 Å². The highest BCUT2D eigenvalue weighted by molar-refractivity contribution is 5.77. The monoisotopic (exact) mass is 318 g/mol. The number of rotatable bonds is 2. The van der Waals surface area contributed by atoms with Crippen LogP contribution in [0.15, 0.2) is 53.5 Å². The fraction of sp³-hybridized carbons (Fsp3) is 0.176. The van der Waals surface area contributed by atoms with Crippen LogP contribution in [0.5, 0.6) is 0 Å². The van der Waals surface area contributed by atoms with Gasteiger partial charge in [-0.2, -0.15) is 13.2 Å². The summed E-state index contributed by atoms with van der Waals surface area (Å²) in [5.74, 6) is 0. The largest absolute Gasteiger partial charge is 0.416 e. The molecule has 3 nitrogen and oxygen atoms in total. The van der Waals surface area contributed by atoms with Gasteiger partial charge < -0.3 is 0 Å². The van der Waals surface area contributed by atoms with Gasteiger partial charge in [-0.25, -0.2) is 4.98 Å². The Morgan fingerprint density at radius 3 is 2.61 bits per heavy atom. The number of hydrogen-bond acceptors (Lipinski definition) is 2. The highest BCUT2D eigenvalue weighted by Crippen LogP contribution is 2.30. The summed E-state index contributed by atoms with van der Waals surface area (Å²) >= 11 is 0. The molecule has 0 N–H and O–H groups in total. The molecule has 0 fully saturated rings. The molecule has 0 radical (unpaired) electrons. The van der Waals surface area contributed by atoms with Crippen LogP contribution >= 0.6 is 0 Å². The number of benzene rings is 1. The lowest BCUT2D eigenvalue weighted by Gasteiger charge is -2.13. The molecule has 0 amide bonds. The molecule has 3 rings (SSSR count). The first-order valence-corrected chi connectivity index (χ1v) is 7.09. The Bertz CT molecular complexity index is 929. The van der Waals surface area contributed by atoms with Crippen molar-refractivity contribution >= 4 is 11.0 Å². The van der Waals surface area contributed by atoms with E-state index < -0.39 is 11.7 Å². The third kappa shape index (κ3) is 2.72. The van der Waals surface area contributed by atoms with Gasteiger partial charge >= 0.3 is 6.18 Å². The van der Waals surface area contributed by atoms with Gasteiger partial charge in [0.05, 0.1) is 11.3 Å². The fourth-order valence-corrected chi connectivity index (χ4v) is 2.51. The first kappa shape index (κ1) is 15.3. The number of alkyl halides is 3. The van der Waals surface area contributed by atoms with Crippen molar-refractivity contribution in [2.24, 2.45) is 0 Å². The van der Waals surface area contributed by atoms with E-state index in [1.165, 1.54) is 22.9 Å². The summed E-state index contributed by atoms with van der Waals surface area (Å²) in [6, 6.07) is 9.95. The van der Waals surface area contributed by atoms with E-state index in [4.69, 9.17) is 0 Å². The van der Waals surface area contributed by atoms with Crippen molar-refractivity contribution in [1.82, 2.24) is 9.55 Å². The predicted molar refractivity (Wildman–Crippen MR) is 81.7 cm³/mol. The van der Waals surface area contributed by atoms with Gasteiger partial charge in [0, 0.05) is 17.1 Å². The fourth-order valence-electron chi connectivity index (χ4n) is 2.51. The lowest BCUT2D eigenvalue weighted by Crippen LogP contribution is -2.23. The maximum Gasteiger partial charge on any atom is 0.416 e. The van der Waals surface area contributed by atoms with Crippen LogP contribution in [-0.2, 0) is 12.6 Å². The molecule has 0 aliphatic rings. The van der Waals surface area contributed by atoms with Gasteiger partial charge in [0.2, 0.25) is 0 Å². The van der Waals surface area contributed by atoms with Crippen LogP contribution in [0, 0.1) is 0 Å². The van der Waals surface area contributed by atoms with Crippen molar-refractivity contribution in [3.8, 4) is 5.69 Å². The Morgan fingerprint density at radius 1 is 1.13 bits per heavy atom. The molecular formula is C17H13F3N2O. The summed E-state index contributed by atoms with van der Waals surface area (Å²) in [6.07, 6.45) is -2.47. The second kappa shape index (κ2) is 5.53. The van der Waals surface area contributed by atoms with Gasteiger partial charge in [0.25, 0.3) is 5.56 Å².